The molecule has 15 heteroatoms. The molecule has 1 aromatic carbocycles. The minimum Gasteiger partial charge on any atom is -0.481 e. The van der Waals surface area contributed by atoms with Crippen LogP contribution >= 0.6 is 0 Å². The topological polar surface area (TPSA) is 274 Å². The van der Waals surface area contributed by atoms with Gasteiger partial charge in [0.05, 0.1) is 18.9 Å². The lowest BCUT2D eigenvalue weighted by Gasteiger charge is -2.24. The third kappa shape index (κ3) is 11.6. The average Bonchev–Trinajstić information content (AvgIpc) is 2.80. The van der Waals surface area contributed by atoms with Crippen LogP contribution in [0.2, 0.25) is 0 Å². The molecule has 15 nitrogen and oxygen atoms in total. The molecule has 11 N–H and O–H groups in total. The van der Waals surface area contributed by atoms with Crippen LogP contribution < -0.4 is 33.2 Å². The van der Waals surface area contributed by atoms with Gasteiger partial charge in [-0.05, 0) is 12.0 Å². The highest BCUT2D eigenvalue weighted by molar-refractivity contribution is 5.96. The van der Waals surface area contributed by atoms with E-state index in [1.54, 1.807) is 30.3 Å². The summed E-state index contributed by atoms with van der Waals surface area (Å²) in [5.74, 6) is -7.80. The summed E-state index contributed by atoms with van der Waals surface area (Å²) >= 11 is 0. The Hall–Kier alpha value is -4.53. The number of carbonyl (C=O) groups excluding carboxylic acids is 5. The number of nitrogens with one attached hydrogen (secondary N) is 3. The van der Waals surface area contributed by atoms with Gasteiger partial charge in [0.1, 0.15) is 18.1 Å². The molecule has 0 aliphatic rings. The molecule has 0 bridgehead atoms. The van der Waals surface area contributed by atoms with Gasteiger partial charge in [-0.2, -0.15) is 0 Å². The molecule has 0 fully saturated rings. The van der Waals surface area contributed by atoms with E-state index in [2.05, 4.69) is 10.6 Å². The van der Waals surface area contributed by atoms with Gasteiger partial charge in [0.15, 0.2) is 0 Å². The molecule has 0 radical (unpaired) electrons. The molecule has 1 rings (SSSR count). The number of primary amides is 2. The number of aliphatic carboxylic acids is 2. The van der Waals surface area contributed by atoms with Crippen LogP contribution in [-0.4, -0.2) is 75.9 Å². The maximum absolute atomic E-state index is 13.1. The minimum absolute atomic E-state index is 0.0816. The molecule has 4 unspecified atom stereocenters. The fourth-order valence-corrected chi connectivity index (χ4v) is 3.10. The van der Waals surface area contributed by atoms with E-state index >= 15 is 0 Å². The number of carboxylic acid groups (broad SMARTS) is 2. The van der Waals surface area contributed by atoms with Crippen molar-refractivity contribution in [3.63, 3.8) is 0 Å². The van der Waals surface area contributed by atoms with E-state index in [4.69, 9.17) is 17.2 Å². The third-order valence-electron chi connectivity index (χ3n) is 4.99. The molecule has 4 atom stereocenters. The highest BCUT2D eigenvalue weighted by Gasteiger charge is 2.32. The van der Waals surface area contributed by atoms with Crippen molar-refractivity contribution in [3.05, 3.63) is 35.9 Å². The van der Waals surface area contributed by atoms with Crippen LogP contribution in [0.15, 0.2) is 30.3 Å². The normalized spacial score (nSPS) is 13.8. The van der Waals surface area contributed by atoms with Crippen molar-refractivity contribution < 1.29 is 43.8 Å². The summed E-state index contributed by atoms with van der Waals surface area (Å²) in [7, 11) is 0. The molecule has 0 heterocycles. The first-order valence-electron chi connectivity index (χ1n) is 11.0. The van der Waals surface area contributed by atoms with Gasteiger partial charge in [0.2, 0.25) is 29.5 Å². The Morgan fingerprint density at radius 2 is 1.27 bits per heavy atom. The van der Waals surface area contributed by atoms with E-state index in [0.717, 1.165) is 0 Å². The Morgan fingerprint density at radius 3 is 1.78 bits per heavy atom. The molecule has 202 valence electrons. The molecule has 5 amide bonds. The zero-order chi connectivity index (χ0) is 28.1. The van der Waals surface area contributed by atoms with Crippen LogP contribution in [0.4, 0.5) is 0 Å². The van der Waals surface area contributed by atoms with E-state index in [0.29, 0.717) is 5.56 Å². The second-order valence-electron chi connectivity index (χ2n) is 8.09. The predicted octanol–water partition coefficient (Wildman–Crippen LogP) is -3.29. The lowest BCUT2D eigenvalue weighted by atomic mass is 10.0. The van der Waals surface area contributed by atoms with E-state index in [1.165, 1.54) is 0 Å². The van der Waals surface area contributed by atoms with Gasteiger partial charge < -0.3 is 43.4 Å². The largest absolute Gasteiger partial charge is 0.481 e. The Kier molecular flexibility index (Phi) is 12.2. The van der Waals surface area contributed by atoms with Crippen molar-refractivity contribution in [3.8, 4) is 0 Å². The lowest BCUT2D eigenvalue weighted by molar-refractivity contribution is -0.144. The van der Waals surface area contributed by atoms with Crippen molar-refractivity contribution in [2.24, 2.45) is 17.2 Å². The number of carboxylic acids is 2. The number of benzene rings is 1. The van der Waals surface area contributed by atoms with Crippen LogP contribution in [0, 0.1) is 0 Å². The summed E-state index contributed by atoms with van der Waals surface area (Å²) in [4.78, 5) is 82.9. The molecule has 0 saturated carbocycles. The number of rotatable bonds is 16. The first-order valence-corrected chi connectivity index (χ1v) is 11.0. The van der Waals surface area contributed by atoms with Crippen LogP contribution in [0.25, 0.3) is 0 Å². The summed E-state index contributed by atoms with van der Waals surface area (Å²) in [6.07, 6.45) is -2.07. The molecule has 0 spiro atoms. The fourth-order valence-electron chi connectivity index (χ4n) is 3.10. The molecule has 37 heavy (non-hydrogen) atoms. The van der Waals surface area contributed by atoms with E-state index in [-0.39, 0.29) is 19.3 Å². The number of amides is 5. The lowest BCUT2D eigenvalue weighted by Crippen LogP contribution is -2.58. The molecular weight excluding hydrogens is 492 g/mol. The summed E-state index contributed by atoms with van der Waals surface area (Å²) in [5, 5.41) is 24.9. The molecule has 0 aliphatic heterocycles. The molecular formula is C22H30N6O9. The quantitative estimate of drug-likeness (QED) is 0.107. The van der Waals surface area contributed by atoms with E-state index in [1.807, 2.05) is 5.32 Å². The van der Waals surface area contributed by atoms with Gasteiger partial charge in [0, 0.05) is 12.8 Å². The van der Waals surface area contributed by atoms with E-state index in [9.17, 15) is 43.8 Å². The maximum atomic E-state index is 13.1. The van der Waals surface area contributed by atoms with Crippen LogP contribution in [0.5, 0.6) is 0 Å². The average molecular weight is 523 g/mol. The summed E-state index contributed by atoms with van der Waals surface area (Å²) < 4.78 is 0. The summed E-state index contributed by atoms with van der Waals surface area (Å²) in [5.41, 5.74) is 16.4. The van der Waals surface area contributed by atoms with Crippen molar-refractivity contribution >= 4 is 41.5 Å². The molecule has 1 aromatic rings. The highest BCUT2D eigenvalue weighted by Crippen LogP contribution is 2.06. The number of hydrogen-bond donors (Lipinski definition) is 8. The molecule has 0 aromatic heterocycles. The Bertz CT molecular complexity index is 1020. The number of carbonyl (C=O) groups is 7. The van der Waals surface area contributed by atoms with E-state index < -0.39 is 78.5 Å². The van der Waals surface area contributed by atoms with Gasteiger partial charge in [-0.25, -0.2) is 4.79 Å². The smallest absolute Gasteiger partial charge is 0.326 e. The van der Waals surface area contributed by atoms with Crippen LogP contribution in [0.1, 0.15) is 31.2 Å². The second kappa shape index (κ2) is 14.8. The third-order valence-corrected chi connectivity index (χ3v) is 4.99. The first kappa shape index (κ1) is 30.5. The van der Waals surface area contributed by atoms with Crippen molar-refractivity contribution in [2.45, 2.75) is 56.3 Å². The Morgan fingerprint density at radius 1 is 0.730 bits per heavy atom. The number of nitrogens with two attached hydrogens (primary N) is 3. The van der Waals surface area contributed by atoms with Gasteiger partial charge in [-0.15, -0.1) is 0 Å². The monoisotopic (exact) mass is 522 g/mol. The first-order chi connectivity index (χ1) is 17.3. The summed E-state index contributed by atoms with van der Waals surface area (Å²) in [6, 6.07) is 2.33. The van der Waals surface area contributed by atoms with Gasteiger partial charge in [-0.3, -0.25) is 28.8 Å². The van der Waals surface area contributed by atoms with Crippen molar-refractivity contribution in [2.75, 3.05) is 0 Å². The highest BCUT2D eigenvalue weighted by atomic mass is 16.4. The molecule has 0 saturated heterocycles. The maximum Gasteiger partial charge on any atom is 0.326 e. The van der Waals surface area contributed by atoms with Crippen molar-refractivity contribution in [1.82, 2.24) is 16.0 Å². The SMILES string of the molecule is NC(=O)CCC(N)C(=O)NC(Cc1ccccc1)C(=O)NC(CC(=O)O)C(=O)NC(CC(N)=O)C(=O)O. The fraction of sp³-hybridized carbons (Fsp3) is 0.409. The van der Waals surface area contributed by atoms with Crippen molar-refractivity contribution in [1.29, 1.82) is 0 Å². The predicted molar refractivity (Wildman–Crippen MR) is 126 cm³/mol. The molecule has 0 aliphatic carbocycles. The minimum atomic E-state index is -1.77. The Balaban J connectivity index is 3.11. The number of hydrogen-bond acceptors (Lipinski definition) is 8. The van der Waals surface area contributed by atoms with Gasteiger partial charge in [0.25, 0.3) is 0 Å². The Labute approximate surface area is 211 Å². The van der Waals surface area contributed by atoms with Gasteiger partial charge >= 0.3 is 11.9 Å². The zero-order valence-corrected chi connectivity index (χ0v) is 19.7. The summed E-state index contributed by atoms with van der Waals surface area (Å²) in [6.45, 7) is 0. The zero-order valence-electron chi connectivity index (χ0n) is 19.7. The van der Waals surface area contributed by atoms with Gasteiger partial charge in [-0.1, -0.05) is 30.3 Å². The van der Waals surface area contributed by atoms with Crippen LogP contribution in [-0.2, 0) is 40.0 Å². The van der Waals surface area contributed by atoms with Crippen LogP contribution in [0.3, 0.4) is 0 Å². The standard InChI is InChI=1S/C22H30N6O9/c23-12(6-7-16(24)29)19(33)26-13(8-11-4-2-1-3-5-11)20(34)27-14(10-18(31)32)21(35)28-15(22(36)37)9-17(25)30/h1-5,12-15H,6-10,23H2,(H2,24,29)(H2,25,30)(H,26,33)(H,27,34)(H,28,35)(H,31,32)(H,36,37). The second-order valence-corrected chi connectivity index (χ2v) is 8.09.